The van der Waals surface area contributed by atoms with Gasteiger partial charge < -0.3 is 0 Å². The van der Waals surface area contributed by atoms with Crippen LogP contribution < -0.4 is 0 Å². The lowest BCUT2D eigenvalue weighted by Crippen LogP contribution is -2.27. The molecule has 5 rings (SSSR count). The smallest absolute Gasteiger partial charge is 0.181 e. The Labute approximate surface area is 153 Å². The van der Waals surface area contributed by atoms with Crippen molar-refractivity contribution in [3.8, 4) is 0 Å². The van der Waals surface area contributed by atoms with E-state index in [1.54, 1.807) is 0 Å². The summed E-state index contributed by atoms with van der Waals surface area (Å²) in [7, 11) is -2.78. The minimum atomic E-state index is -3.19. The van der Waals surface area contributed by atoms with Crippen LogP contribution in [-0.4, -0.2) is 25.2 Å². The summed E-state index contributed by atoms with van der Waals surface area (Å²) in [5.74, 6) is 3.70. The summed E-state index contributed by atoms with van der Waals surface area (Å²) in [6.45, 7) is 0. The van der Waals surface area contributed by atoms with Gasteiger partial charge in [-0.25, -0.2) is 8.42 Å². The second-order valence-corrected chi connectivity index (χ2v) is 12.5. The van der Waals surface area contributed by atoms with Gasteiger partial charge in [-0.15, -0.1) is 0 Å². The SMILES string of the molecule is O=S(=O)(c1ccc2cc([S+]3CCCC3)ccc2c1)C1CC2CCC1C2. The molecule has 2 aliphatic carbocycles. The molecule has 2 aromatic rings. The van der Waals surface area contributed by atoms with Crippen LogP contribution in [-0.2, 0) is 20.7 Å². The van der Waals surface area contributed by atoms with Crippen LogP contribution in [0.1, 0.15) is 38.5 Å². The first-order valence-electron chi connectivity index (χ1n) is 9.56. The molecule has 0 radical (unpaired) electrons. The first-order valence-corrected chi connectivity index (χ1v) is 12.7. The van der Waals surface area contributed by atoms with Crippen molar-refractivity contribution in [3.05, 3.63) is 36.4 Å². The van der Waals surface area contributed by atoms with E-state index in [-0.39, 0.29) is 5.25 Å². The molecule has 3 unspecified atom stereocenters. The van der Waals surface area contributed by atoms with Crippen molar-refractivity contribution in [1.29, 1.82) is 0 Å². The molecule has 2 aromatic carbocycles. The minimum Gasteiger partial charge on any atom is -0.223 e. The van der Waals surface area contributed by atoms with Gasteiger partial charge in [-0.2, -0.15) is 0 Å². The van der Waals surface area contributed by atoms with E-state index in [4.69, 9.17) is 0 Å². The van der Waals surface area contributed by atoms with E-state index in [1.165, 1.54) is 41.0 Å². The Morgan fingerprint density at radius 1 is 0.880 bits per heavy atom. The highest BCUT2D eigenvalue weighted by Gasteiger charge is 2.46. The molecule has 0 aromatic heterocycles. The molecule has 0 amide bonds. The molecule has 3 atom stereocenters. The molecule has 2 saturated carbocycles. The Kier molecular flexibility index (Phi) is 3.90. The molecule has 0 N–H and O–H groups in total. The maximum Gasteiger partial charge on any atom is 0.181 e. The second-order valence-electron chi connectivity index (χ2n) is 8.04. The summed E-state index contributed by atoms with van der Waals surface area (Å²) in [5, 5.41) is 2.11. The third-order valence-electron chi connectivity index (χ3n) is 6.55. The van der Waals surface area contributed by atoms with E-state index in [1.807, 2.05) is 18.2 Å². The Hall–Kier alpha value is -1.00. The van der Waals surface area contributed by atoms with E-state index in [0.717, 1.165) is 24.6 Å². The van der Waals surface area contributed by atoms with Crippen molar-refractivity contribution < 1.29 is 8.42 Å². The average Bonchev–Trinajstić information content (AvgIpc) is 3.38. The molecule has 1 aliphatic heterocycles. The number of benzene rings is 2. The minimum absolute atomic E-state index is 0.136. The molecule has 1 heterocycles. The van der Waals surface area contributed by atoms with Crippen LogP contribution in [0.3, 0.4) is 0 Å². The van der Waals surface area contributed by atoms with Crippen molar-refractivity contribution in [3.63, 3.8) is 0 Å². The van der Waals surface area contributed by atoms with Crippen molar-refractivity contribution >= 4 is 31.5 Å². The molecule has 2 nitrogen and oxygen atoms in total. The van der Waals surface area contributed by atoms with Gasteiger partial charge in [0, 0.05) is 17.0 Å². The molecule has 0 spiro atoms. The van der Waals surface area contributed by atoms with Crippen molar-refractivity contribution in [1.82, 2.24) is 0 Å². The molecule has 3 fully saturated rings. The van der Waals surface area contributed by atoms with Gasteiger partial charge in [0.1, 0.15) is 11.5 Å². The molecular weight excluding hydrogens is 348 g/mol. The Balaban J connectivity index is 1.49. The molecule has 1 saturated heterocycles. The van der Waals surface area contributed by atoms with Gasteiger partial charge in [0.25, 0.3) is 0 Å². The van der Waals surface area contributed by atoms with E-state index in [9.17, 15) is 8.42 Å². The zero-order chi connectivity index (χ0) is 17.0. The summed E-state index contributed by atoms with van der Waals surface area (Å²) in [6, 6.07) is 12.4. The highest BCUT2D eigenvalue weighted by atomic mass is 32.2. The summed E-state index contributed by atoms with van der Waals surface area (Å²) >= 11 is 0. The molecule has 25 heavy (non-hydrogen) atoms. The maximum absolute atomic E-state index is 13.1. The van der Waals surface area contributed by atoms with Crippen LogP contribution in [0.5, 0.6) is 0 Å². The van der Waals surface area contributed by atoms with E-state index in [0.29, 0.717) is 27.6 Å². The monoisotopic (exact) mass is 373 g/mol. The van der Waals surface area contributed by atoms with Crippen molar-refractivity contribution in [2.24, 2.45) is 11.8 Å². The maximum atomic E-state index is 13.1. The van der Waals surface area contributed by atoms with Crippen LogP contribution >= 0.6 is 0 Å². The normalized spacial score (nSPS) is 29.7. The van der Waals surface area contributed by atoms with Gasteiger partial charge in [0.15, 0.2) is 14.7 Å². The van der Waals surface area contributed by atoms with Crippen LogP contribution in [0, 0.1) is 11.8 Å². The summed E-state index contributed by atoms with van der Waals surface area (Å²) in [4.78, 5) is 1.99. The fraction of sp³-hybridized carbons (Fsp3) is 0.524. The van der Waals surface area contributed by atoms with Gasteiger partial charge in [0.05, 0.1) is 10.1 Å². The number of sulfone groups is 1. The second kappa shape index (κ2) is 6.02. The van der Waals surface area contributed by atoms with Gasteiger partial charge in [0.2, 0.25) is 0 Å². The predicted octanol–water partition coefficient (Wildman–Crippen LogP) is 4.57. The zero-order valence-electron chi connectivity index (χ0n) is 14.5. The predicted molar refractivity (Wildman–Crippen MR) is 105 cm³/mol. The van der Waals surface area contributed by atoms with Crippen LogP contribution in [0.2, 0.25) is 0 Å². The van der Waals surface area contributed by atoms with Crippen molar-refractivity contribution in [2.45, 2.75) is 53.6 Å². The Bertz CT molecular complexity index is 913. The standard InChI is InChI=1S/C21H25O2S2/c22-25(23,21-12-15-3-4-18(21)11-15)20-8-6-16-13-19(7-5-17(16)14-20)24-9-1-2-10-24/h5-8,13-15,18,21H,1-4,9-12H2/q+1. The molecule has 3 aliphatic rings. The largest absolute Gasteiger partial charge is 0.223 e. The lowest BCUT2D eigenvalue weighted by Gasteiger charge is -2.22. The number of fused-ring (bicyclic) bond motifs is 3. The van der Waals surface area contributed by atoms with Crippen LogP contribution in [0.15, 0.2) is 46.2 Å². The average molecular weight is 374 g/mol. The van der Waals surface area contributed by atoms with Crippen molar-refractivity contribution in [2.75, 3.05) is 11.5 Å². The van der Waals surface area contributed by atoms with Crippen LogP contribution in [0.25, 0.3) is 10.8 Å². The highest BCUT2D eigenvalue weighted by Crippen LogP contribution is 2.48. The highest BCUT2D eigenvalue weighted by molar-refractivity contribution is 7.97. The lowest BCUT2D eigenvalue weighted by atomic mass is 10.0. The molecular formula is C21H25O2S2+. The molecule has 132 valence electrons. The quantitative estimate of drug-likeness (QED) is 0.739. The molecule has 2 bridgehead atoms. The summed E-state index contributed by atoms with van der Waals surface area (Å²) < 4.78 is 26.3. The topological polar surface area (TPSA) is 34.1 Å². The fourth-order valence-corrected chi connectivity index (χ4v) is 9.70. The fourth-order valence-electron chi connectivity index (χ4n) is 5.19. The van der Waals surface area contributed by atoms with Gasteiger partial charge in [-0.3, -0.25) is 0 Å². The van der Waals surface area contributed by atoms with E-state index in [2.05, 4.69) is 18.2 Å². The van der Waals surface area contributed by atoms with E-state index < -0.39 is 9.84 Å². The zero-order valence-corrected chi connectivity index (χ0v) is 16.1. The van der Waals surface area contributed by atoms with Gasteiger partial charge >= 0.3 is 0 Å². The first-order chi connectivity index (χ1) is 12.1. The lowest BCUT2D eigenvalue weighted by molar-refractivity contribution is 0.465. The van der Waals surface area contributed by atoms with Crippen LogP contribution in [0.4, 0.5) is 0 Å². The number of hydrogen-bond acceptors (Lipinski definition) is 2. The summed E-state index contributed by atoms with van der Waals surface area (Å²) in [6.07, 6.45) is 7.05. The van der Waals surface area contributed by atoms with Gasteiger partial charge in [-0.1, -0.05) is 12.5 Å². The van der Waals surface area contributed by atoms with Gasteiger partial charge in [-0.05, 0) is 79.0 Å². The third kappa shape index (κ3) is 2.73. The Morgan fingerprint density at radius 2 is 1.64 bits per heavy atom. The number of hydrogen-bond donors (Lipinski definition) is 0. The Morgan fingerprint density at radius 3 is 2.36 bits per heavy atom. The van der Waals surface area contributed by atoms with E-state index >= 15 is 0 Å². The first kappa shape index (κ1) is 16.2. The number of rotatable bonds is 3. The third-order valence-corrected chi connectivity index (χ3v) is 11.3. The summed E-state index contributed by atoms with van der Waals surface area (Å²) in [5.41, 5.74) is 0. The molecule has 4 heteroatoms.